The van der Waals surface area contributed by atoms with Gasteiger partial charge in [0.15, 0.2) is 0 Å². The normalized spacial score (nSPS) is 17.0. The van der Waals surface area contributed by atoms with E-state index in [2.05, 4.69) is 11.0 Å². The summed E-state index contributed by atoms with van der Waals surface area (Å²) in [4.78, 5) is 32.6. The summed E-state index contributed by atoms with van der Waals surface area (Å²) in [7, 11) is 1.61. The van der Waals surface area contributed by atoms with Crippen molar-refractivity contribution in [2.45, 2.75) is 26.8 Å². The van der Waals surface area contributed by atoms with Gasteiger partial charge in [0, 0.05) is 58.5 Å². The number of carbonyl (C=O) groups is 1. The minimum absolute atomic E-state index is 0.0578. The van der Waals surface area contributed by atoms with E-state index >= 15 is 0 Å². The maximum Gasteiger partial charge on any atom is 0.270 e. The summed E-state index contributed by atoms with van der Waals surface area (Å²) in [6.45, 7) is 7.12. The van der Waals surface area contributed by atoms with Crippen LogP contribution in [0.2, 0.25) is 0 Å². The van der Waals surface area contributed by atoms with Crippen LogP contribution < -0.4 is 15.4 Å². The zero-order valence-corrected chi connectivity index (χ0v) is 23.3. The summed E-state index contributed by atoms with van der Waals surface area (Å²) in [6.07, 6.45) is 2.42. The van der Waals surface area contributed by atoms with Gasteiger partial charge >= 0.3 is 0 Å². The number of methoxy groups -OCH3 is 1. The molecule has 2 fully saturated rings. The zero-order valence-electron chi connectivity index (χ0n) is 21.7. The third-order valence-electron chi connectivity index (χ3n) is 6.81. The second kappa shape index (κ2) is 12.1. The Morgan fingerprint density at radius 1 is 1.18 bits per heavy atom. The molecule has 0 spiro atoms. The fourth-order valence-electron chi connectivity index (χ4n) is 4.84. The van der Waals surface area contributed by atoms with Crippen LogP contribution in [0.1, 0.15) is 30.0 Å². The first kappa shape index (κ1) is 27.8. The second-order valence-electron chi connectivity index (χ2n) is 9.00. The fourth-order valence-corrected chi connectivity index (χ4v) is 6.13. The van der Waals surface area contributed by atoms with Gasteiger partial charge in [-0.05, 0) is 44.0 Å². The van der Waals surface area contributed by atoms with Gasteiger partial charge in [-0.2, -0.15) is 5.26 Å². The highest BCUT2D eigenvalue weighted by Crippen LogP contribution is 2.36. The van der Waals surface area contributed by atoms with Crippen molar-refractivity contribution in [1.82, 2.24) is 9.47 Å². The summed E-state index contributed by atoms with van der Waals surface area (Å²) in [5.41, 5.74) is 1.43. The van der Waals surface area contributed by atoms with Crippen molar-refractivity contribution in [2.75, 3.05) is 56.2 Å². The van der Waals surface area contributed by atoms with Crippen LogP contribution in [0.25, 0.3) is 6.08 Å². The average Bonchev–Trinajstić information content (AvgIpc) is 3.18. The van der Waals surface area contributed by atoms with Crippen molar-refractivity contribution in [3.63, 3.8) is 0 Å². The Morgan fingerprint density at radius 3 is 2.50 bits per heavy atom. The van der Waals surface area contributed by atoms with Crippen LogP contribution in [0.3, 0.4) is 0 Å². The first-order valence-electron chi connectivity index (χ1n) is 12.5. The Bertz CT molecular complexity index is 1380. The lowest BCUT2D eigenvalue weighted by Gasteiger charge is -2.39. The molecule has 1 aromatic carbocycles. The molecule has 3 heterocycles. The number of nitriles is 1. The Morgan fingerprint density at radius 2 is 1.87 bits per heavy atom. The van der Waals surface area contributed by atoms with Crippen molar-refractivity contribution in [2.24, 2.45) is 0 Å². The van der Waals surface area contributed by atoms with E-state index in [-0.39, 0.29) is 22.8 Å². The molecule has 2 saturated heterocycles. The molecule has 0 atom stereocenters. The van der Waals surface area contributed by atoms with Crippen LogP contribution in [0.15, 0.2) is 34.0 Å². The number of pyridine rings is 1. The molecule has 200 valence electrons. The minimum Gasteiger partial charge on any atom is -0.385 e. The molecule has 1 aromatic heterocycles. The molecule has 38 heavy (non-hydrogen) atoms. The lowest BCUT2D eigenvalue weighted by atomic mass is 10.0. The SMILES string of the molecule is CCn1c(N2CCN(c3ccccc3F)CC2)c(C=C2SC(=S)N(CCCOC)C2=O)c(C)c(C#N)c1=O. The maximum absolute atomic E-state index is 14.4. The van der Waals surface area contributed by atoms with E-state index in [4.69, 9.17) is 17.0 Å². The summed E-state index contributed by atoms with van der Waals surface area (Å²) < 4.78 is 21.6. The quantitative estimate of drug-likeness (QED) is 0.277. The molecule has 0 aliphatic carbocycles. The number of carbonyl (C=O) groups excluding carboxylic acids is 1. The number of benzene rings is 1. The van der Waals surface area contributed by atoms with Crippen LogP contribution in [-0.2, 0) is 16.1 Å². The average molecular weight is 556 g/mol. The van der Waals surface area contributed by atoms with E-state index < -0.39 is 0 Å². The van der Waals surface area contributed by atoms with E-state index in [1.807, 2.05) is 17.9 Å². The monoisotopic (exact) mass is 555 g/mol. The number of hydrogen-bond acceptors (Lipinski definition) is 8. The van der Waals surface area contributed by atoms with Gasteiger partial charge in [-0.3, -0.25) is 19.1 Å². The zero-order chi connectivity index (χ0) is 27.4. The third-order valence-corrected chi connectivity index (χ3v) is 8.19. The number of hydrogen-bond donors (Lipinski definition) is 0. The molecule has 0 bridgehead atoms. The number of rotatable bonds is 8. The summed E-state index contributed by atoms with van der Waals surface area (Å²) >= 11 is 6.69. The van der Waals surface area contributed by atoms with Crippen LogP contribution in [0, 0.1) is 24.1 Å². The highest BCUT2D eigenvalue weighted by molar-refractivity contribution is 8.26. The lowest BCUT2D eigenvalue weighted by molar-refractivity contribution is -0.122. The predicted octanol–water partition coefficient (Wildman–Crippen LogP) is 3.75. The fraction of sp³-hybridized carbons (Fsp3) is 0.407. The molecule has 8 nitrogen and oxygen atoms in total. The molecule has 4 rings (SSSR count). The standard InChI is InChI=1S/C27H30FN5O3S2/c1-4-32-24(31-13-11-30(12-14-31)22-9-6-5-8-21(22)28)19(18(2)20(17-29)25(32)34)16-23-26(35)33(27(37)38-23)10-7-15-36-3/h5-6,8-9,16H,4,7,10-15H2,1-3H3. The maximum atomic E-state index is 14.4. The highest BCUT2D eigenvalue weighted by Gasteiger charge is 2.33. The topological polar surface area (TPSA) is 81.8 Å². The van der Waals surface area contributed by atoms with Crippen molar-refractivity contribution in [3.8, 4) is 6.07 Å². The molecule has 0 saturated carbocycles. The Labute approximate surface area is 231 Å². The van der Waals surface area contributed by atoms with Gasteiger partial charge < -0.3 is 14.5 Å². The number of para-hydroxylation sites is 1. The van der Waals surface area contributed by atoms with Gasteiger partial charge in [-0.25, -0.2) is 4.39 Å². The number of thiocarbonyl (C=S) groups is 1. The van der Waals surface area contributed by atoms with Gasteiger partial charge in [0.2, 0.25) is 0 Å². The Balaban J connectivity index is 1.73. The van der Waals surface area contributed by atoms with Crippen molar-refractivity contribution >= 4 is 51.8 Å². The smallest absolute Gasteiger partial charge is 0.270 e. The van der Waals surface area contributed by atoms with Gasteiger partial charge in [0.25, 0.3) is 11.5 Å². The number of piperazine rings is 1. The molecule has 0 N–H and O–H groups in total. The van der Waals surface area contributed by atoms with Gasteiger partial charge in [0.05, 0.1) is 10.6 Å². The van der Waals surface area contributed by atoms with Crippen LogP contribution in [-0.4, -0.2) is 66.1 Å². The number of amides is 1. The minimum atomic E-state index is -0.358. The van der Waals surface area contributed by atoms with E-state index in [0.717, 1.165) is 0 Å². The van der Waals surface area contributed by atoms with Crippen LogP contribution >= 0.6 is 24.0 Å². The Kier molecular flexibility index (Phi) is 8.87. The van der Waals surface area contributed by atoms with Crippen LogP contribution in [0.4, 0.5) is 15.9 Å². The van der Waals surface area contributed by atoms with E-state index in [0.29, 0.717) is 84.2 Å². The first-order chi connectivity index (χ1) is 18.3. The van der Waals surface area contributed by atoms with Crippen molar-refractivity contribution in [3.05, 3.63) is 62.0 Å². The molecule has 0 unspecified atom stereocenters. The molecule has 2 aromatic rings. The van der Waals surface area contributed by atoms with Crippen LogP contribution in [0.5, 0.6) is 0 Å². The number of halogens is 1. The molecule has 1 amide bonds. The highest BCUT2D eigenvalue weighted by atomic mass is 32.2. The lowest BCUT2D eigenvalue weighted by Crippen LogP contribution is -2.49. The number of thioether (sulfide) groups is 1. The molecule has 2 aliphatic heterocycles. The molecule has 11 heteroatoms. The molecule has 0 radical (unpaired) electrons. The number of nitrogens with zero attached hydrogens (tertiary/aromatic N) is 5. The third kappa shape index (κ3) is 5.34. The van der Waals surface area contributed by atoms with Gasteiger partial charge in [-0.1, -0.05) is 36.1 Å². The largest absolute Gasteiger partial charge is 0.385 e. The van der Waals surface area contributed by atoms with Crippen molar-refractivity contribution < 1.29 is 13.9 Å². The van der Waals surface area contributed by atoms with E-state index in [1.54, 1.807) is 41.7 Å². The van der Waals surface area contributed by atoms with E-state index in [1.165, 1.54) is 17.8 Å². The number of aromatic nitrogens is 1. The number of ether oxygens (including phenoxy) is 1. The van der Waals surface area contributed by atoms with E-state index in [9.17, 15) is 19.2 Å². The van der Waals surface area contributed by atoms with Crippen molar-refractivity contribution in [1.29, 1.82) is 5.26 Å². The molecular formula is C27H30FN5O3S2. The summed E-state index contributed by atoms with van der Waals surface area (Å²) in [5, 5.41) is 9.80. The first-order valence-corrected chi connectivity index (χ1v) is 13.7. The van der Waals surface area contributed by atoms with Gasteiger partial charge in [0.1, 0.15) is 27.6 Å². The molecular weight excluding hydrogens is 525 g/mol. The summed E-state index contributed by atoms with van der Waals surface area (Å²) in [5.74, 6) is 0.194. The summed E-state index contributed by atoms with van der Waals surface area (Å²) in [6, 6.07) is 8.75. The number of anilines is 2. The van der Waals surface area contributed by atoms with Gasteiger partial charge in [-0.15, -0.1) is 0 Å². The predicted molar refractivity (Wildman–Crippen MR) is 153 cm³/mol. The molecule has 2 aliphatic rings. The Hall–Kier alpha value is -3.20. The second-order valence-corrected chi connectivity index (χ2v) is 10.7.